The highest BCUT2D eigenvalue weighted by molar-refractivity contribution is 7.13. The van der Waals surface area contributed by atoms with E-state index in [0.717, 1.165) is 29.5 Å². The first-order valence-corrected chi connectivity index (χ1v) is 6.00. The van der Waals surface area contributed by atoms with Crippen LogP contribution < -0.4 is 0 Å². The molecule has 0 saturated heterocycles. The summed E-state index contributed by atoms with van der Waals surface area (Å²) >= 11 is 1.72. The Morgan fingerprint density at radius 3 is 2.93 bits per heavy atom. The predicted molar refractivity (Wildman–Crippen MR) is 61.9 cm³/mol. The third kappa shape index (κ3) is 1.25. The first kappa shape index (κ1) is 9.10. The van der Waals surface area contributed by atoms with E-state index in [1.54, 1.807) is 11.3 Å². The molecule has 0 bridgehead atoms. The van der Waals surface area contributed by atoms with Crippen molar-refractivity contribution in [1.82, 2.24) is 0 Å². The highest BCUT2D eigenvalue weighted by atomic mass is 32.1. The Hall–Kier alpha value is -1.15. The molecule has 0 unspecified atom stereocenters. The number of thiophene rings is 1. The summed E-state index contributed by atoms with van der Waals surface area (Å²) in [5, 5.41) is 2.09. The third-order valence-electron chi connectivity index (χ3n) is 3.07. The van der Waals surface area contributed by atoms with Gasteiger partial charge < -0.3 is 0 Å². The van der Waals surface area contributed by atoms with Crippen LogP contribution >= 0.6 is 11.3 Å². The van der Waals surface area contributed by atoms with Crippen molar-refractivity contribution in [2.24, 2.45) is 0 Å². The molecule has 1 aromatic carbocycles. The number of rotatable bonds is 0. The van der Waals surface area contributed by atoms with Gasteiger partial charge in [-0.15, -0.1) is 11.3 Å². The average molecular weight is 218 g/mol. The van der Waals surface area contributed by atoms with Gasteiger partial charge >= 0.3 is 0 Å². The monoisotopic (exact) mass is 218 g/mol. The number of aryl methyl sites for hydroxylation is 2. The molecular weight excluding hydrogens is 207 g/mol. The molecule has 2 aromatic rings. The molecule has 15 heavy (non-hydrogen) atoms. The fourth-order valence-electron chi connectivity index (χ4n) is 2.22. The van der Waals surface area contributed by atoms with Crippen LogP contribution in [0.3, 0.4) is 0 Å². The Balaban J connectivity index is 2.31. The van der Waals surface area contributed by atoms with Crippen LogP contribution in [-0.2, 0) is 12.8 Å². The van der Waals surface area contributed by atoms with Crippen LogP contribution in [0.2, 0.25) is 0 Å². The van der Waals surface area contributed by atoms with Crippen LogP contribution in [-0.4, -0.2) is 0 Å². The molecule has 1 heterocycles. The molecule has 0 amide bonds. The second-order valence-corrected chi connectivity index (χ2v) is 4.91. The maximum Gasteiger partial charge on any atom is 0.129 e. The van der Waals surface area contributed by atoms with Gasteiger partial charge in [0.15, 0.2) is 0 Å². The zero-order valence-corrected chi connectivity index (χ0v) is 9.33. The van der Waals surface area contributed by atoms with E-state index in [4.69, 9.17) is 0 Å². The molecule has 1 aliphatic carbocycles. The van der Waals surface area contributed by atoms with E-state index in [1.165, 1.54) is 10.4 Å². The molecule has 0 nitrogen and oxygen atoms in total. The fourth-order valence-corrected chi connectivity index (χ4v) is 3.23. The number of halogens is 1. The smallest absolute Gasteiger partial charge is 0.129 e. The number of benzene rings is 1. The average Bonchev–Trinajstić information content (AvgIpc) is 2.71. The van der Waals surface area contributed by atoms with Crippen molar-refractivity contribution in [1.29, 1.82) is 0 Å². The topological polar surface area (TPSA) is 0 Å². The lowest BCUT2D eigenvalue weighted by Crippen LogP contribution is -2.05. The molecule has 0 aliphatic heterocycles. The Bertz CT molecular complexity index is 525. The summed E-state index contributed by atoms with van der Waals surface area (Å²) in [6, 6.07) is 6.09. The summed E-state index contributed by atoms with van der Waals surface area (Å²) in [5.74, 6) is -0.00782. The Kier molecular flexibility index (Phi) is 1.93. The largest absolute Gasteiger partial charge is 0.206 e. The van der Waals surface area contributed by atoms with Gasteiger partial charge in [0.25, 0.3) is 0 Å². The van der Waals surface area contributed by atoms with Crippen LogP contribution in [0, 0.1) is 12.7 Å². The quantitative estimate of drug-likeness (QED) is 0.628. The highest BCUT2D eigenvalue weighted by Crippen LogP contribution is 2.38. The molecule has 76 valence electrons. The summed E-state index contributed by atoms with van der Waals surface area (Å²) in [5.41, 5.74) is 4.14. The van der Waals surface area contributed by atoms with Gasteiger partial charge in [-0.05, 0) is 53.5 Å². The van der Waals surface area contributed by atoms with E-state index in [-0.39, 0.29) is 5.82 Å². The van der Waals surface area contributed by atoms with Crippen molar-refractivity contribution in [3.63, 3.8) is 0 Å². The Morgan fingerprint density at radius 1 is 1.20 bits per heavy atom. The van der Waals surface area contributed by atoms with Crippen molar-refractivity contribution < 1.29 is 4.39 Å². The van der Waals surface area contributed by atoms with Crippen LogP contribution in [0.4, 0.5) is 4.39 Å². The molecule has 0 spiro atoms. The Morgan fingerprint density at radius 2 is 2.07 bits per heavy atom. The molecule has 1 aromatic heterocycles. The minimum absolute atomic E-state index is 0.00782. The zero-order valence-electron chi connectivity index (χ0n) is 8.51. The van der Waals surface area contributed by atoms with Crippen molar-refractivity contribution in [3.8, 4) is 10.4 Å². The molecular formula is C13H11FS. The van der Waals surface area contributed by atoms with E-state index in [1.807, 2.05) is 13.0 Å². The van der Waals surface area contributed by atoms with Crippen molar-refractivity contribution >= 4 is 11.3 Å². The van der Waals surface area contributed by atoms with Crippen molar-refractivity contribution in [2.75, 3.05) is 0 Å². The van der Waals surface area contributed by atoms with Gasteiger partial charge in [0.1, 0.15) is 5.82 Å². The fraction of sp³-hybridized carbons (Fsp3) is 0.231. The van der Waals surface area contributed by atoms with Gasteiger partial charge in [-0.2, -0.15) is 0 Å². The van der Waals surface area contributed by atoms with E-state index >= 15 is 0 Å². The van der Waals surface area contributed by atoms with Crippen molar-refractivity contribution in [2.45, 2.75) is 19.8 Å². The molecule has 0 fully saturated rings. The van der Waals surface area contributed by atoms with Crippen molar-refractivity contribution in [3.05, 3.63) is 46.1 Å². The first-order valence-electron chi connectivity index (χ1n) is 5.12. The van der Waals surface area contributed by atoms with Gasteiger partial charge in [-0.3, -0.25) is 0 Å². The molecule has 3 rings (SSSR count). The maximum atomic E-state index is 13.9. The second kappa shape index (κ2) is 3.17. The molecule has 0 atom stereocenters. The van der Waals surface area contributed by atoms with Gasteiger partial charge in [0.2, 0.25) is 0 Å². The summed E-state index contributed by atoms with van der Waals surface area (Å²) in [4.78, 5) is 1.26. The molecule has 0 saturated carbocycles. The van der Waals surface area contributed by atoms with E-state index in [9.17, 15) is 4.39 Å². The summed E-state index contributed by atoms with van der Waals surface area (Å²) in [6.07, 6.45) is 1.82. The zero-order chi connectivity index (χ0) is 10.4. The second-order valence-electron chi connectivity index (χ2n) is 4.00. The van der Waals surface area contributed by atoms with Crippen LogP contribution in [0.1, 0.15) is 16.7 Å². The lowest BCUT2D eigenvalue weighted by atomic mass is 9.90. The molecule has 2 heteroatoms. The van der Waals surface area contributed by atoms with E-state index in [0.29, 0.717) is 0 Å². The highest BCUT2D eigenvalue weighted by Gasteiger charge is 2.20. The minimum Gasteiger partial charge on any atom is -0.206 e. The van der Waals surface area contributed by atoms with E-state index < -0.39 is 0 Å². The normalized spacial score (nSPS) is 13.5. The lowest BCUT2D eigenvalue weighted by Gasteiger charge is -2.17. The van der Waals surface area contributed by atoms with Crippen LogP contribution in [0.25, 0.3) is 10.4 Å². The first-order chi connectivity index (χ1) is 7.27. The minimum atomic E-state index is -0.00782. The van der Waals surface area contributed by atoms with Gasteiger partial charge in [0.05, 0.1) is 0 Å². The Labute approximate surface area is 92.4 Å². The number of hydrogen-bond donors (Lipinski definition) is 0. The lowest BCUT2D eigenvalue weighted by molar-refractivity contribution is 0.599. The van der Waals surface area contributed by atoms with Crippen LogP contribution in [0.15, 0.2) is 23.6 Å². The third-order valence-corrected chi connectivity index (χ3v) is 4.06. The molecule has 0 radical (unpaired) electrons. The van der Waals surface area contributed by atoms with Crippen LogP contribution in [0.5, 0.6) is 0 Å². The number of hydrogen-bond acceptors (Lipinski definition) is 1. The van der Waals surface area contributed by atoms with Gasteiger partial charge in [-0.1, -0.05) is 12.1 Å². The summed E-state index contributed by atoms with van der Waals surface area (Å²) < 4.78 is 13.9. The number of fused-ring (bicyclic) bond motifs is 3. The van der Waals surface area contributed by atoms with Gasteiger partial charge in [-0.25, -0.2) is 4.39 Å². The molecule has 1 aliphatic rings. The summed E-state index contributed by atoms with van der Waals surface area (Å²) in [7, 11) is 0. The standard InChI is InChI=1S/C13H11FS/c1-8-2-4-11-10(12(8)14)5-3-9-6-7-15-13(9)11/h2,4,6-7H,3,5H2,1H3. The predicted octanol–water partition coefficient (Wildman–Crippen LogP) is 3.96. The SMILES string of the molecule is Cc1ccc2c(c1F)CCc1ccsc1-2. The summed E-state index contributed by atoms with van der Waals surface area (Å²) in [6.45, 7) is 1.83. The van der Waals surface area contributed by atoms with Gasteiger partial charge in [0, 0.05) is 4.88 Å². The molecule has 0 N–H and O–H groups in total. The van der Waals surface area contributed by atoms with E-state index in [2.05, 4.69) is 17.5 Å². The maximum absolute atomic E-state index is 13.9.